The Morgan fingerprint density at radius 3 is 1.96 bits per heavy atom. The highest BCUT2D eigenvalue weighted by Gasteiger charge is 2.30. The summed E-state index contributed by atoms with van der Waals surface area (Å²) in [6, 6.07) is 1.57. The lowest BCUT2D eigenvalue weighted by Crippen LogP contribution is -2.25. The second-order valence-electron chi connectivity index (χ2n) is 8.30. The Hall–Kier alpha value is -0.840. The zero-order valence-corrected chi connectivity index (χ0v) is 15.6. The van der Waals surface area contributed by atoms with Crippen molar-refractivity contribution in [2.45, 2.75) is 96.8 Å². The lowest BCUT2D eigenvalue weighted by atomic mass is 9.68. The summed E-state index contributed by atoms with van der Waals surface area (Å²) in [7, 11) is 0. The number of hydrogen-bond acceptors (Lipinski definition) is 1. The molecule has 1 nitrogen and oxygen atoms in total. The van der Waals surface area contributed by atoms with Gasteiger partial charge in [-0.05, 0) is 68.3 Å². The average molecular weight is 334 g/mol. The molecule has 0 amide bonds. The third kappa shape index (κ3) is 6.58. The highest BCUT2D eigenvalue weighted by molar-refractivity contribution is 5.11. The fourth-order valence-corrected chi connectivity index (χ4v) is 5.07. The molecule has 0 N–H and O–H groups in total. The van der Waals surface area contributed by atoms with Crippen LogP contribution in [0.5, 0.6) is 0 Å². The Morgan fingerprint density at radius 2 is 1.46 bits per heavy atom. The molecule has 0 aromatic carbocycles. The molecule has 2 fully saturated rings. The molecule has 2 heteroatoms. The molecule has 2 saturated carbocycles. The van der Waals surface area contributed by atoms with Crippen molar-refractivity contribution in [1.29, 1.82) is 5.26 Å². The minimum absolute atomic E-state index is 0.612. The van der Waals surface area contributed by atoms with Gasteiger partial charge in [-0.15, -0.1) is 0 Å². The molecule has 136 valence electrons. The van der Waals surface area contributed by atoms with E-state index in [4.69, 9.17) is 5.26 Å². The van der Waals surface area contributed by atoms with Gasteiger partial charge in [-0.25, -0.2) is 0 Å². The molecule has 24 heavy (non-hydrogen) atoms. The Balaban J connectivity index is 1.60. The van der Waals surface area contributed by atoms with E-state index >= 15 is 0 Å². The summed E-state index contributed by atoms with van der Waals surface area (Å²) in [6.07, 6.45) is 20.3. The Morgan fingerprint density at radius 1 is 0.917 bits per heavy atom. The van der Waals surface area contributed by atoms with Gasteiger partial charge in [-0.1, -0.05) is 58.3 Å². The van der Waals surface area contributed by atoms with Crippen LogP contribution in [0, 0.1) is 35.0 Å². The van der Waals surface area contributed by atoms with E-state index in [2.05, 4.69) is 6.92 Å². The van der Waals surface area contributed by atoms with E-state index in [0.29, 0.717) is 0 Å². The number of nitriles is 1. The molecule has 0 heterocycles. The first kappa shape index (κ1) is 19.5. The van der Waals surface area contributed by atoms with E-state index in [-0.39, 0.29) is 0 Å². The summed E-state index contributed by atoms with van der Waals surface area (Å²) in [6.45, 7) is 2.30. The van der Waals surface area contributed by atoms with Crippen LogP contribution in [0.2, 0.25) is 0 Å². The molecule has 0 aliphatic heterocycles. The second-order valence-corrected chi connectivity index (χ2v) is 8.30. The molecular weight excluding hydrogens is 297 g/mol. The monoisotopic (exact) mass is 333 g/mol. The van der Waals surface area contributed by atoms with E-state index < -0.39 is 5.83 Å². The van der Waals surface area contributed by atoms with Crippen molar-refractivity contribution in [3.63, 3.8) is 0 Å². The molecule has 0 saturated heterocycles. The molecule has 2 rings (SSSR count). The fourth-order valence-electron chi connectivity index (χ4n) is 5.07. The Bertz CT molecular complexity index is 406. The zero-order chi connectivity index (χ0) is 17.2. The normalized spacial score (nSPS) is 31.6. The summed E-state index contributed by atoms with van der Waals surface area (Å²) >= 11 is 0. The predicted molar refractivity (Wildman–Crippen MR) is 99.1 cm³/mol. The third-order valence-electron chi connectivity index (χ3n) is 6.67. The van der Waals surface area contributed by atoms with Crippen molar-refractivity contribution in [1.82, 2.24) is 0 Å². The zero-order valence-electron chi connectivity index (χ0n) is 15.6. The first-order valence-electron chi connectivity index (χ1n) is 10.5. The molecule has 2 aliphatic rings. The molecule has 2 aliphatic carbocycles. The topological polar surface area (TPSA) is 23.8 Å². The smallest absolute Gasteiger partial charge is 0.195 e. The third-order valence-corrected chi connectivity index (χ3v) is 6.67. The van der Waals surface area contributed by atoms with E-state index in [0.717, 1.165) is 36.5 Å². The van der Waals surface area contributed by atoms with Crippen molar-refractivity contribution >= 4 is 0 Å². The Kier molecular flexibility index (Phi) is 8.86. The van der Waals surface area contributed by atoms with Crippen LogP contribution in [0.1, 0.15) is 96.8 Å². The minimum atomic E-state index is -0.612. The van der Waals surface area contributed by atoms with Crippen LogP contribution in [0.25, 0.3) is 0 Å². The first-order valence-corrected chi connectivity index (χ1v) is 10.5. The number of hydrogen-bond donors (Lipinski definition) is 0. The number of unbranched alkanes of at least 4 members (excludes halogenated alkanes) is 2. The van der Waals surface area contributed by atoms with E-state index in [9.17, 15) is 4.39 Å². The SMILES string of the molecule is CCCCC[C@H]1CC[C@H]([C@H]2CC[C@H](CCC=C(F)C#N)CC2)CC1. The minimum Gasteiger partial charge on any atom is -0.195 e. The van der Waals surface area contributed by atoms with Crippen LogP contribution in [-0.4, -0.2) is 0 Å². The average Bonchev–Trinajstić information content (AvgIpc) is 2.63. The fraction of sp³-hybridized carbons (Fsp3) is 0.864. The van der Waals surface area contributed by atoms with Gasteiger partial charge in [0.1, 0.15) is 6.07 Å². The number of rotatable bonds is 8. The molecular formula is C22H36FN. The molecule has 0 atom stereocenters. The molecule has 0 spiro atoms. The van der Waals surface area contributed by atoms with Crippen molar-refractivity contribution in [2.75, 3.05) is 0 Å². The van der Waals surface area contributed by atoms with Gasteiger partial charge in [0.25, 0.3) is 0 Å². The van der Waals surface area contributed by atoms with Gasteiger partial charge in [-0.2, -0.15) is 9.65 Å². The maximum absolute atomic E-state index is 12.8. The van der Waals surface area contributed by atoms with Gasteiger partial charge in [0, 0.05) is 0 Å². The summed E-state index contributed by atoms with van der Waals surface area (Å²) in [5.41, 5.74) is 0. The van der Waals surface area contributed by atoms with Gasteiger partial charge in [0.2, 0.25) is 0 Å². The predicted octanol–water partition coefficient (Wildman–Crippen LogP) is 7.34. The summed E-state index contributed by atoms with van der Waals surface area (Å²) < 4.78 is 12.8. The van der Waals surface area contributed by atoms with Crippen LogP contribution in [0.15, 0.2) is 11.9 Å². The van der Waals surface area contributed by atoms with Crippen molar-refractivity contribution < 1.29 is 4.39 Å². The van der Waals surface area contributed by atoms with Crippen molar-refractivity contribution in [3.8, 4) is 6.07 Å². The van der Waals surface area contributed by atoms with Crippen molar-refractivity contribution in [3.05, 3.63) is 11.9 Å². The lowest BCUT2D eigenvalue weighted by Gasteiger charge is -2.38. The van der Waals surface area contributed by atoms with Gasteiger partial charge in [-0.3, -0.25) is 0 Å². The van der Waals surface area contributed by atoms with Crippen LogP contribution in [0.4, 0.5) is 4.39 Å². The number of halogens is 1. The van der Waals surface area contributed by atoms with Gasteiger partial charge >= 0.3 is 0 Å². The number of nitrogens with zero attached hydrogens (tertiary/aromatic N) is 1. The Labute approximate surface area is 148 Å². The van der Waals surface area contributed by atoms with Gasteiger partial charge in [0.05, 0.1) is 0 Å². The quantitative estimate of drug-likeness (QED) is 0.337. The molecule has 0 bridgehead atoms. The largest absolute Gasteiger partial charge is 0.196 e. The van der Waals surface area contributed by atoms with Gasteiger partial charge in [0.15, 0.2) is 5.83 Å². The van der Waals surface area contributed by atoms with E-state index in [1.165, 1.54) is 83.1 Å². The highest BCUT2D eigenvalue weighted by atomic mass is 19.1. The summed E-state index contributed by atoms with van der Waals surface area (Å²) in [4.78, 5) is 0. The maximum Gasteiger partial charge on any atom is 0.196 e. The summed E-state index contributed by atoms with van der Waals surface area (Å²) in [5.74, 6) is 3.12. The number of allylic oxidation sites excluding steroid dienone is 2. The molecule has 0 radical (unpaired) electrons. The van der Waals surface area contributed by atoms with Gasteiger partial charge < -0.3 is 0 Å². The molecule has 0 aromatic heterocycles. The molecule has 0 unspecified atom stereocenters. The van der Waals surface area contributed by atoms with Crippen LogP contribution >= 0.6 is 0 Å². The standard InChI is InChI=1S/C22H36FN/c1-2-3-4-6-18-9-13-20(14-10-18)21-15-11-19(12-16-21)7-5-8-22(23)17-24/h8,18-21H,2-7,9-16H2,1H3/t18-,19-,20-,21-. The van der Waals surface area contributed by atoms with Crippen LogP contribution in [-0.2, 0) is 0 Å². The summed E-state index contributed by atoms with van der Waals surface area (Å²) in [5, 5.41) is 8.44. The van der Waals surface area contributed by atoms with E-state index in [1.807, 2.05) is 0 Å². The maximum atomic E-state index is 12.8. The first-order chi connectivity index (χ1) is 11.7. The lowest BCUT2D eigenvalue weighted by molar-refractivity contribution is 0.140. The highest BCUT2D eigenvalue weighted by Crippen LogP contribution is 2.43. The van der Waals surface area contributed by atoms with Crippen molar-refractivity contribution in [2.24, 2.45) is 23.7 Å². The van der Waals surface area contributed by atoms with E-state index in [1.54, 1.807) is 6.07 Å². The van der Waals surface area contributed by atoms with Crippen LogP contribution < -0.4 is 0 Å². The molecule has 0 aromatic rings. The second kappa shape index (κ2) is 10.9. The van der Waals surface area contributed by atoms with Crippen LogP contribution in [0.3, 0.4) is 0 Å².